The molecule has 0 aliphatic carbocycles. The number of nitro groups is 1. The Labute approximate surface area is 176 Å². The molecule has 31 heavy (non-hydrogen) atoms. The maximum Gasteiger partial charge on any atom is 0.271 e. The molecule has 9 nitrogen and oxygen atoms in total. The number of imide groups is 1. The average molecular weight is 417 g/mol. The first-order valence-electron chi connectivity index (χ1n) is 9.12. The second kappa shape index (κ2) is 7.71. The van der Waals surface area contributed by atoms with E-state index in [1.54, 1.807) is 24.3 Å². The summed E-state index contributed by atoms with van der Waals surface area (Å²) in [6, 6.07) is 16.3. The van der Waals surface area contributed by atoms with E-state index in [2.05, 4.69) is 5.32 Å². The molecular weight excluding hydrogens is 402 g/mol. The van der Waals surface area contributed by atoms with E-state index in [4.69, 9.17) is 4.74 Å². The number of anilines is 2. The van der Waals surface area contributed by atoms with Crippen LogP contribution in [0, 0.1) is 10.1 Å². The predicted octanol–water partition coefficient (Wildman–Crippen LogP) is 3.66. The predicted molar refractivity (Wildman–Crippen MR) is 112 cm³/mol. The molecule has 1 N–H and O–H groups in total. The molecule has 0 fully saturated rings. The summed E-state index contributed by atoms with van der Waals surface area (Å²) >= 11 is 0. The minimum absolute atomic E-state index is 0.145. The highest BCUT2D eigenvalue weighted by Crippen LogP contribution is 2.30. The molecule has 0 aromatic heterocycles. The van der Waals surface area contributed by atoms with Crippen molar-refractivity contribution >= 4 is 34.8 Å². The number of carbonyl (C=O) groups is 3. The number of methoxy groups -OCH3 is 1. The highest BCUT2D eigenvalue weighted by molar-refractivity contribution is 6.34. The van der Waals surface area contributed by atoms with Gasteiger partial charge in [0.25, 0.3) is 23.4 Å². The van der Waals surface area contributed by atoms with Crippen molar-refractivity contribution in [3.05, 3.63) is 93.5 Å². The van der Waals surface area contributed by atoms with Crippen LogP contribution < -0.4 is 15.0 Å². The van der Waals surface area contributed by atoms with Gasteiger partial charge >= 0.3 is 0 Å². The van der Waals surface area contributed by atoms with Crippen LogP contribution in [0.1, 0.15) is 31.1 Å². The maximum atomic E-state index is 12.6. The smallest absolute Gasteiger partial charge is 0.271 e. The number of rotatable bonds is 5. The fourth-order valence-electron chi connectivity index (χ4n) is 3.29. The molecular formula is C22H15N3O6. The van der Waals surface area contributed by atoms with E-state index in [0.717, 1.165) is 4.90 Å². The summed E-state index contributed by atoms with van der Waals surface area (Å²) in [6.07, 6.45) is 0. The lowest BCUT2D eigenvalue weighted by Crippen LogP contribution is -2.29. The number of non-ortho nitro benzene ring substituents is 1. The molecule has 154 valence electrons. The Morgan fingerprint density at radius 1 is 0.968 bits per heavy atom. The molecule has 0 radical (unpaired) electrons. The third-order valence-electron chi connectivity index (χ3n) is 4.82. The molecule has 3 aromatic carbocycles. The minimum Gasteiger partial charge on any atom is -0.495 e. The lowest BCUT2D eigenvalue weighted by atomic mass is 10.1. The Balaban J connectivity index is 1.56. The molecule has 0 bridgehead atoms. The SMILES string of the molecule is COc1ccc([N+](=O)[O-])cc1NC(=O)c1ccc(N2C(=O)c3ccccc3C2=O)cc1. The van der Waals surface area contributed by atoms with Gasteiger partial charge in [-0.2, -0.15) is 0 Å². The Morgan fingerprint density at radius 2 is 1.58 bits per heavy atom. The van der Waals surface area contributed by atoms with Crippen LogP contribution in [-0.2, 0) is 0 Å². The van der Waals surface area contributed by atoms with Gasteiger partial charge in [-0.1, -0.05) is 12.1 Å². The van der Waals surface area contributed by atoms with Gasteiger partial charge in [0.1, 0.15) is 5.75 Å². The topological polar surface area (TPSA) is 119 Å². The highest BCUT2D eigenvalue weighted by Gasteiger charge is 2.36. The molecule has 0 saturated carbocycles. The Hall–Kier alpha value is -4.53. The van der Waals surface area contributed by atoms with Gasteiger partial charge in [-0.3, -0.25) is 24.5 Å². The molecule has 9 heteroatoms. The van der Waals surface area contributed by atoms with E-state index in [9.17, 15) is 24.5 Å². The van der Waals surface area contributed by atoms with Crippen LogP contribution in [0.15, 0.2) is 66.7 Å². The third kappa shape index (κ3) is 3.48. The summed E-state index contributed by atoms with van der Waals surface area (Å²) in [5.41, 5.74) is 1.16. The number of amides is 3. The van der Waals surface area contributed by atoms with Crippen LogP contribution in [-0.4, -0.2) is 29.8 Å². The van der Waals surface area contributed by atoms with Gasteiger partial charge in [0.15, 0.2) is 0 Å². The van der Waals surface area contributed by atoms with Crippen LogP contribution in [0.3, 0.4) is 0 Å². The number of benzene rings is 3. The summed E-state index contributed by atoms with van der Waals surface area (Å²) in [4.78, 5) is 49.3. The van der Waals surface area contributed by atoms with Gasteiger partial charge < -0.3 is 10.1 Å². The van der Waals surface area contributed by atoms with E-state index in [1.165, 1.54) is 49.6 Å². The number of nitrogens with one attached hydrogen (secondary N) is 1. The number of fused-ring (bicyclic) bond motifs is 1. The van der Waals surface area contributed by atoms with E-state index < -0.39 is 22.6 Å². The van der Waals surface area contributed by atoms with Gasteiger partial charge in [0.05, 0.1) is 34.5 Å². The number of ether oxygens (including phenoxy) is 1. The minimum atomic E-state index is -0.577. The summed E-state index contributed by atoms with van der Waals surface area (Å²) in [6.45, 7) is 0. The van der Waals surface area contributed by atoms with Gasteiger partial charge in [-0.15, -0.1) is 0 Å². The Kier molecular flexibility index (Phi) is 4.92. The van der Waals surface area contributed by atoms with Crippen molar-refractivity contribution in [1.82, 2.24) is 0 Å². The van der Waals surface area contributed by atoms with E-state index in [0.29, 0.717) is 16.8 Å². The Morgan fingerprint density at radius 3 is 2.13 bits per heavy atom. The molecule has 1 aliphatic heterocycles. The highest BCUT2D eigenvalue weighted by atomic mass is 16.6. The number of carbonyl (C=O) groups excluding carboxylic acids is 3. The fraction of sp³-hybridized carbons (Fsp3) is 0.0455. The van der Waals surface area contributed by atoms with Crippen molar-refractivity contribution in [2.24, 2.45) is 0 Å². The molecule has 3 aromatic rings. The van der Waals surface area contributed by atoms with Crippen molar-refractivity contribution in [1.29, 1.82) is 0 Å². The molecule has 0 atom stereocenters. The number of nitro benzene ring substituents is 1. The lowest BCUT2D eigenvalue weighted by Gasteiger charge is -2.14. The number of hydrogen-bond donors (Lipinski definition) is 1. The number of hydrogen-bond acceptors (Lipinski definition) is 6. The largest absolute Gasteiger partial charge is 0.495 e. The van der Waals surface area contributed by atoms with Crippen LogP contribution in [0.25, 0.3) is 0 Å². The van der Waals surface area contributed by atoms with Crippen molar-refractivity contribution in [2.75, 3.05) is 17.3 Å². The van der Waals surface area contributed by atoms with Gasteiger partial charge in [0, 0.05) is 17.7 Å². The van der Waals surface area contributed by atoms with Crippen LogP contribution in [0.2, 0.25) is 0 Å². The van der Waals surface area contributed by atoms with Crippen molar-refractivity contribution in [3.63, 3.8) is 0 Å². The summed E-state index contributed by atoms with van der Waals surface area (Å²) in [5.74, 6) is -1.13. The van der Waals surface area contributed by atoms with Gasteiger partial charge in [0.2, 0.25) is 0 Å². The van der Waals surface area contributed by atoms with E-state index >= 15 is 0 Å². The molecule has 0 unspecified atom stereocenters. The molecule has 3 amide bonds. The quantitative estimate of drug-likeness (QED) is 0.384. The van der Waals surface area contributed by atoms with Gasteiger partial charge in [-0.25, -0.2) is 4.90 Å². The van der Waals surface area contributed by atoms with E-state index in [-0.39, 0.29) is 22.7 Å². The lowest BCUT2D eigenvalue weighted by molar-refractivity contribution is -0.384. The van der Waals surface area contributed by atoms with E-state index in [1.807, 2.05) is 0 Å². The summed E-state index contributed by atoms with van der Waals surface area (Å²) in [5, 5.41) is 13.6. The second-order valence-corrected chi connectivity index (χ2v) is 6.63. The fourth-order valence-corrected chi connectivity index (χ4v) is 3.29. The van der Waals surface area contributed by atoms with Crippen molar-refractivity contribution < 1.29 is 24.0 Å². The first-order chi connectivity index (χ1) is 14.9. The van der Waals surface area contributed by atoms with Crippen LogP contribution >= 0.6 is 0 Å². The molecule has 1 aliphatic rings. The molecule has 1 heterocycles. The molecule has 0 saturated heterocycles. The zero-order valence-electron chi connectivity index (χ0n) is 16.2. The third-order valence-corrected chi connectivity index (χ3v) is 4.82. The zero-order chi connectivity index (χ0) is 22.1. The summed E-state index contributed by atoms with van der Waals surface area (Å²) in [7, 11) is 1.38. The monoisotopic (exact) mass is 417 g/mol. The van der Waals surface area contributed by atoms with Crippen LogP contribution in [0.5, 0.6) is 5.75 Å². The first-order valence-corrected chi connectivity index (χ1v) is 9.12. The van der Waals surface area contributed by atoms with Crippen molar-refractivity contribution in [2.45, 2.75) is 0 Å². The average Bonchev–Trinajstić information content (AvgIpc) is 3.04. The maximum absolute atomic E-state index is 12.6. The standard InChI is InChI=1S/C22H15N3O6/c1-31-19-11-10-15(25(29)30)12-18(19)23-20(26)13-6-8-14(9-7-13)24-21(27)16-4-2-3-5-17(16)22(24)28/h2-12H,1H3,(H,23,26). The first kappa shape index (κ1) is 19.8. The number of nitrogens with zero attached hydrogens (tertiary/aromatic N) is 2. The normalized spacial score (nSPS) is 12.5. The van der Waals surface area contributed by atoms with Crippen molar-refractivity contribution in [3.8, 4) is 5.75 Å². The van der Waals surface area contributed by atoms with Crippen LogP contribution in [0.4, 0.5) is 17.1 Å². The molecule has 4 rings (SSSR count). The summed E-state index contributed by atoms with van der Waals surface area (Å²) < 4.78 is 5.14. The molecule has 0 spiro atoms. The zero-order valence-corrected chi connectivity index (χ0v) is 16.2. The Bertz CT molecular complexity index is 1200. The second-order valence-electron chi connectivity index (χ2n) is 6.63. The van der Waals surface area contributed by atoms with Gasteiger partial charge in [-0.05, 0) is 42.5 Å².